The minimum Gasteiger partial charge on any atom is -0.315 e. The lowest BCUT2D eigenvalue weighted by molar-refractivity contribution is -0.616. The Morgan fingerprint density at radius 1 is 1.04 bits per heavy atom. The fourth-order valence-electron chi connectivity index (χ4n) is 5.40. The van der Waals surface area contributed by atoms with E-state index in [4.69, 9.17) is 19.2 Å². The molecule has 0 aromatic heterocycles. The van der Waals surface area contributed by atoms with E-state index in [9.17, 15) is 18.4 Å². The zero-order valence-corrected chi connectivity index (χ0v) is 14.3. The molecule has 5 fully saturated rings. The number of fused-ring (bicyclic) bond motifs is 2. The quantitative estimate of drug-likeness (QED) is 0.563. The second-order valence-electron chi connectivity index (χ2n) is 8.07. The maximum Gasteiger partial charge on any atom is 0.446 e. The van der Waals surface area contributed by atoms with E-state index in [0.29, 0.717) is 19.3 Å². The molecule has 1 saturated carbocycles. The molecule has 4 aliphatic heterocycles. The van der Waals surface area contributed by atoms with Crippen LogP contribution >= 0.6 is 0 Å². The fourth-order valence-corrected chi connectivity index (χ4v) is 5.40. The Morgan fingerprint density at radius 2 is 1.76 bits per heavy atom. The lowest BCUT2D eigenvalue weighted by atomic mass is 9.57. The van der Waals surface area contributed by atoms with Crippen LogP contribution in [0, 0.1) is 23.7 Å². The van der Waals surface area contributed by atoms with Crippen molar-refractivity contribution in [2.45, 2.75) is 76.1 Å². The van der Waals surface area contributed by atoms with Crippen LogP contribution in [0.2, 0.25) is 0 Å². The molecule has 0 aromatic carbocycles. The van der Waals surface area contributed by atoms with Crippen LogP contribution in [-0.2, 0) is 24.1 Å². The first-order valence-electron chi connectivity index (χ1n) is 8.71. The van der Waals surface area contributed by atoms with E-state index in [-0.39, 0.29) is 11.8 Å². The van der Waals surface area contributed by atoms with Crippen molar-refractivity contribution in [1.82, 2.24) is 0 Å². The summed E-state index contributed by atoms with van der Waals surface area (Å²) in [5.74, 6) is -5.96. The second kappa shape index (κ2) is 5.30. The van der Waals surface area contributed by atoms with Gasteiger partial charge in [-0.3, -0.25) is 0 Å². The van der Waals surface area contributed by atoms with Crippen molar-refractivity contribution in [3.63, 3.8) is 0 Å². The van der Waals surface area contributed by atoms with Gasteiger partial charge in [-0.1, -0.05) is 13.8 Å². The van der Waals surface area contributed by atoms with Crippen molar-refractivity contribution < 1.29 is 42.6 Å². The predicted octanol–water partition coefficient (Wildman–Crippen LogP) is 3.62. The SMILES string of the molecule is C[C@@H]1CC[C@H]2[C@@H](C)[C@](OO)(C(F)(F)F)O[C@@H]3OC4(C)CC[C@@H]1C32OO4. The third-order valence-corrected chi connectivity index (χ3v) is 6.79. The molecule has 1 N–H and O–H groups in total. The Hall–Kier alpha value is -0.450. The largest absolute Gasteiger partial charge is 0.446 e. The Kier molecular flexibility index (Phi) is 3.80. The molecule has 5 rings (SSSR count). The van der Waals surface area contributed by atoms with Gasteiger partial charge in [-0.05, 0) is 38.0 Å². The fraction of sp³-hybridized carbons (Fsp3) is 1.00. The van der Waals surface area contributed by atoms with Crippen LogP contribution in [-0.4, -0.2) is 34.9 Å². The summed E-state index contributed by atoms with van der Waals surface area (Å²) in [5, 5.41) is 9.22. The number of alkyl halides is 3. The second-order valence-corrected chi connectivity index (χ2v) is 8.07. The van der Waals surface area contributed by atoms with Crippen LogP contribution in [0.25, 0.3) is 0 Å². The zero-order chi connectivity index (χ0) is 18.3. The standard InChI is InChI=1S/C16H23F3O6/c1-8-4-5-11-9(2)15(23-20,16(17,18)19)22-12-14(11)10(8)6-7-13(3,21-12)24-25-14/h8-12,20H,4-7H2,1-3H3/t8-,9-,10+,11+,12+,13?,14?,15+/m1/s1. The first kappa shape index (κ1) is 17.9. The van der Waals surface area contributed by atoms with E-state index in [1.807, 2.05) is 0 Å². The molecule has 4 saturated heterocycles. The number of hydrogen-bond donors (Lipinski definition) is 1. The predicted molar refractivity (Wildman–Crippen MR) is 75.5 cm³/mol. The number of rotatable bonds is 1. The highest BCUT2D eigenvalue weighted by Gasteiger charge is 2.77. The third-order valence-electron chi connectivity index (χ3n) is 6.79. The lowest BCUT2D eigenvalue weighted by Crippen LogP contribution is -2.75. The topological polar surface area (TPSA) is 66.4 Å². The first-order chi connectivity index (χ1) is 11.6. The monoisotopic (exact) mass is 368 g/mol. The highest BCUT2D eigenvalue weighted by atomic mass is 19.4. The summed E-state index contributed by atoms with van der Waals surface area (Å²) in [7, 11) is 0. The van der Waals surface area contributed by atoms with Crippen LogP contribution in [0.4, 0.5) is 13.2 Å². The first-order valence-corrected chi connectivity index (χ1v) is 8.71. The average molecular weight is 368 g/mol. The molecule has 9 heteroatoms. The van der Waals surface area contributed by atoms with Gasteiger partial charge in [0.15, 0.2) is 11.9 Å². The van der Waals surface area contributed by atoms with E-state index in [1.54, 1.807) is 6.92 Å². The molecule has 8 atom stereocenters. The van der Waals surface area contributed by atoms with Gasteiger partial charge in [0.2, 0.25) is 5.79 Å². The van der Waals surface area contributed by atoms with Gasteiger partial charge in [-0.15, -0.1) is 0 Å². The Balaban J connectivity index is 1.85. The molecule has 25 heavy (non-hydrogen) atoms. The molecule has 2 unspecified atom stereocenters. The molecule has 1 aliphatic carbocycles. The smallest absolute Gasteiger partial charge is 0.315 e. The summed E-state index contributed by atoms with van der Waals surface area (Å²) in [6.07, 6.45) is -3.84. The molecule has 144 valence electrons. The van der Waals surface area contributed by atoms with Crippen molar-refractivity contribution in [3.8, 4) is 0 Å². The molecule has 2 bridgehead atoms. The van der Waals surface area contributed by atoms with E-state index in [0.717, 1.165) is 6.42 Å². The Morgan fingerprint density at radius 3 is 2.40 bits per heavy atom. The number of hydrogen-bond acceptors (Lipinski definition) is 6. The van der Waals surface area contributed by atoms with Gasteiger partial charge in [0.25, 0.3) is 0 Å². The van der Waals surface area contributed by atoms with Crippen molar-refractivity contribution in [2.75, 3.05) is 0 Å². The summed E-state index contributed by atoms with van der Waals surface area (Å²) >= 11 is 0. The molecule has 0 radical (unpaired) electrons. The summed E-state index contributed by atoms with van der Waals surface area (Å²) in [4.78, 5) is 15.3. The average Bonchev–Trinajstić information content (AvgIpc) is 2.76. The Labute approximate surface area is 143 Å². The van der Waals surface area contributed by atoms with Crippen LogP contribution in [0.5, 0.6) is 0 Å². The Bertz CT molecular complexity index is 558. The molecule has 0 amide bonds. The van der Waals surface area contributed by atoms with E-state index in [1.165, 1.54) is 6.92 Å². The summed E-state index contributed by atoms with van der Waals surface area (Å²) < 4.78 is 52.6. The van der Waals surface area contributed by atoms with Crippen LogP contribution in [0.15, 0.2) is 0 Å². The van der Waals surface area contributed by atoms with Crippen LogP contribution in [0.1, 0.15) is 46.5 Å². The maximum absolute atomic E-state index is 13.8. The highest BCUT2D eigenvalue weighted by Crippen LogP contribution is 2.64. The number of halogens is 3. The molecule has 0 aromatic rings. The van der Waals surface area contributed by atoms with E-state index in [2.05, 4.69) is 11.8 Å². The number of ether oxygens (including phenoxy) is 2. The van der Waals surface area contributed by atoms with Crippen molar-refractivity contribution in [3.05, 3.63) is 0 Å². The minimum absolute atomic E-state index is 0.0621. The van der Waals surface area contributed by atoms with Gasteiger partial charge in [-0.25, -0.2) is 15.0 Å². The third kappa shape index (κ3) is 2.14. The van der Waals surface area contributed by atoms with Gasteiger partial charge in [-0.2, -0.15) is 18.1 Å². The van der Waals surface area contributed by atoms with Crippen LogP contribution < -0.4 is 0 Å². The summed E-state index contributed by atoms with van der Waals surface area (Å²) in [5.41, 5.74) is -1.14. The maximum atomic E-state index is 13.8. The van der Waals surface area contributed by atoms with Crippen molar-refractivity contribution >= 4 is 0 Å². The van der Waals surface area contributed by atoms with Gasteiger partial charge in [0.05, 0.1) is 0 Å². The van der Waals surface area contributed by atoms with Crippen molar-refractivity contribution in [2.24, 2.45) is 23.7 Å². The van der Waals surface area contributed by atoms with Crippen molar-refractivity contribution in [1.29, 1.82) is 0 Å². The minimum atomic E-state index is -4.93. The lowest BCUT2D eigenvalue weighted by Gasteiger charge is -2.62. The molecular weight excluding hydrogens is 345 g/mol. The summed E-state index contributed by atoms with van der Waals surface area (Å²) in [6, 6.07) is 0. The highest BCUT2D eigenvalue weighted by molar-refractivity contribution is 5.12. The molecule has 1 spiro atoms. The van der Waals surface area contributed by atoms with Gasteiger partial charge >= 0.3 is 12.0 Å². The van der Waals surface area contributed by atoms with E-state index < -0.39 is 41.5 Å². The van der Waals surface area contributed by atoms with Gasteiger partial charge in [0, 0.05) is 18.3 Å². The normalized spacial score (nSPS) is 55.6. The molecule has 5 aliphatic rings. The molecule has 4 heterocycles. The van der Waals surface area contributed by atoms with Gasteiger partial charge < -0.3 is 9.47 Å². The zero-order valence-electron chi connectivity index (χ0n) is 14.3. The molecular formula is C16H23F3O6. The summed E-state index contributed by atoms with van der Waals surface area (Å²) in [6.45, 7) is 5.05. The van der Waals surface area contributed by atoms with Gasteiger partial charge in [0.1, 0.15) is 0 Å². The van der Waals surface area contributed by atoms with Crippen LogP contribution in [0.3, 0.4) is 0 Å². The van der Waals surface area contributed by atoms with E-state index >= 15 is 0 Å². The molecule has 6 nitrogen and oxygen atoms in total.